The van der Waals surface area contributed by atoms with Gasteiger partial charge in [0, 0.05) is 32.6 Å². The van der Waals surface area contributed by atoms with E-state index in [-0.39, 0.29) is 12.5 Å². The Kier molecular flexibility index (Phi) is 5.26. The fourth-order valence-corrected chi connectivity index (χ4v) is 3.64. The second-order valence-corrected chi connectivity index (χ2v) is 6.15. The molecular weight excluding hydrogens is 256 g/mol. The number of rotatable bonds is 5. The summed E-state index contributed by atoms with van der Waals surface area (Å²) in [5.74, 6) is -0.107. The molecule has 0 bridgehead atoms. The second kappa shape index (κ2) is 6.95. The smallest absolute Gasteiger partial charge is 0.319 e. The van der Waals surface area contributed by atoms with Crippen LogP contribution in [0.5, 0.6) is 0 Å². The highest BCUT2D eigenvalue weighted by Crippen LogP contribution is 2.35. The van der Waals surface area contributed by atoms with Crippen molar-refractivity contribution in [3.05, 3.63) is 0 Å². The van der Waals surface area contributed by atoms with E-state index >= 15 is 0 Å². The Hall–Kier alpha value is -1.26. The van der Waals surface area contributed by atoms with E-state index in [1.54, 1.807) is 11.9 Å². The Morgan fingerprint density at radius 3 is 2.55 bits per heavy atom. The van der Waals surface area contributed by atoms with Gasteiger partial charge in [0.2, 0.25) is 0 Å². The molecule has 2 amide bonds. The van der Waals surface area contributed by atoms with Crippen molar-refractivity contribution in [3.63, 3.8) is 0 Å². The van der Waals surface area contributed by atoms with Crippen molar-refractivity contribution in [1.82, 2.24) is 9.80 Å². The number of carboxylic acid groups (broad SMARTS) is 1. The van der Waals surface area contributed by atoms with Crippen LogP contribution < -0.4 is 0 Å². The van der Waals surface area contributed by atoms with Gasteiger partial charge in [0.05, 0.1) is 0 Å². The Morgan fingerprint density at radius 2 is 1.90 bits per heavy atom. The van der Waals surface area contributed by atoms with E-state index in [4.69, 9.17) is 5.11 Å². The minimum Gasteiger partial charge on any atom is -0.481 e. The van der Waals surface area contributed by atoms with E-state index in [0.717, 1.165) is 19.4 Å². The van der Waals surface area contributed by atoms with Gasteiger partial charge in [0.15, 0.2) is 0 Å². The van der Waals surface area contributed by atoms with Crippen molar-refractivity contribution < 1.29 is 14.7 Å². The summed E-state index contributed by atoms with van der Waals surface area (Å²) in [7, 11) is 1.79. The highest BCUT2D eigenvalue weighted by molar-refractivity contribution is 5.75. The van der Waals surface area contributed by atoms with Crippen LogP contribution in [0.25, 0.3) is 0 Å². The van der Waals surface area contributed by atoms with E-state index in [2.05, 4.69) is 0 Å². The third-order valence-electron chi connectivity index (χ3n) is 4.70. The highest BCUT2D eigenvalue weighted by atomic mass is 16.4. The lowest BCUT2D eigenvalue weighted by molar-refractivity contribution is -0.137. The summed E-state index contributed by atoms with van der Waals surface area (Å²) in [5, 5.41) is 8.65. The standard InChI is InChI=1S/C15H26N2O3/c1-16(10-5-9-14(18)19)15(20)17-11-4-8-13(17)12-6-2-3-7-12/h12-13H,2-11H2,1H3,(H,18,19). The molecule has 1 saturated heterocycles. The number of amides is 2. The molecule has 1 N–H and O–H groups in total. The van der Waals surface area contributed by atoms with Crippen LogP contribution in [-0.4, -0.2) is 53.1 Å². The molecule has 1 aliphatic carbocycles. The van der Waals surface area contributed by atoms with E-state index in [9.17, 15) is 9.59 Å². The van der Waals surface area contributed by atoms with Crippen LogP contribution in [0.2, 0.25) is 0 Å². The monoisotopic (exact) mass is 282 g/mol. The molecule has 1 unspecified atom stereocenters. The maximum Gasteiger partial charge on any atom is 0.319 e. The van der Waals surface area contributed by atoms with Gasteiger partial charge in [-0.3, -0.25) is 4.79 Å². The van der Waals surface area contributed by atoms with Crippen LogP contribution in [0, 0.1) is 5.92 Å². The van der Waals surface area contributed by atoms with Crippen molar-refractivity contribution >= 4 is 12.0 Å². The summed E-state index contributed by atoms with van der Waals surface area (Å²) in [6, 6.07) is 0.511. The normalized spacial score (nSPS) is 23.2. The van der Waals surface area contributed by atoms with Gasteiger partial charge < -0.3 is 14.9 Å². The van der Waals surface area contributed by atoms with Gasteiger partial charge >= 0.3 is 12.0 Å². The minimum atomic E-state index is -0.796. The maximum atomic E-state index is 12.5. The topological polar surface area (TPSA) is 60.9 Å². The SMILES string of the molecule is CN(CCCC(=O)O)C(=O)N1CCCC1C1CCCC1. The van der Waals surface area contributed by atoms with Crippen LogP contribution in [0.3, 0.4) is 0 Å². The Labute approximate surface area is 120 Å². The molecule has 0 spiro atoms. The van der Waals surface area contributed by atoms with Gasteiger partial charge in [0.1, 0.15) is 0 Å². The van der Waals surface area contributed by atoms with Crippen molar-refractivity contribution in [2.75, 3.05) is 20.1 Å². The molecule has 1 atom stereocenters. The fraction of sp³-hybridized carbons (Fsp3) is 0.867. The number of nitrogens with zero attached hydrogens (tertiary/aromatic N) is 2. The molecule has 0 radical (unpaired) electrons. The molecule has 20 heavy (non-hydrogen) atoms. The van der Waals surface area contributed by atoms with E-state index in [1.165, 1.54) is 25.7 Å². The van der Waals surface area contributed by atoms with Crippen LogP contribution in [0.1, 0.15) is 51.4 Å². The van der Waals surface area contributed by atoms with Crippen molar-refractivity contribution in [3.8, 4) is 0 Å². The number of carbonyl (C=O) groups excluding carboxylic acids is 1. The first-order valence-corrected chi connectivity index (χ1v) is 7.83. The van der Waals surface area contributed by atoms with Crippen molar-refractivity contribution in [1.29, 1.82) is 0 Å². The van der Waals surface area contributed by atoms with Crippen molar-refractivity contribution in [2.45, 2.75) is 57.4 Å². The minimum absolute atomic E-state index is 0.0878. The third-order valence-corrected chi connectivity index (χ3v) is 4.70. The molecule has 1 aliphatic heterocycles. The largest absolute Gasteiger partial charge is 0.481 e. The lowest BCUT2D eigenvalue weighted by Crippen LogP contribution is -2.46. The number of hydrogen-bond acceptors (Lipinski definition) is 2. The van der Waals surface area contributed by atoms with Gasteiger partial charge in [-0.05, 0) is 38.0 Å². The first kappa shape index (κ1) is 15.1. The number of urea groups is 1. The fourth-order valence-electron chi connectivity index (χ4n) is 3.64. The molecular formula is C15H26N2O3. The predicted molar refractivity (Wildman–Crippen MR) is 76.6 cm³/mol. The molecule has 2 aliphatic rings. The summed E-state index contributed by atoms with van der Waals surface area (Å²) in [5.41, 5.74) is 0. The molecule has 0 aromatic heterocycles. The van der Waals surface area contributed by atoms with Crippen LogP contribution >= 0.6 is 0 Å². The Morgan fingerprint density at radius 1 is 1.20 bits per heavy atom. The Bertz CT molecular complexity index is 353. The zero-order valence-corrected chi connectivity index (χ0v) is 12.4. The van der Waals surface area contributed by atoms with E-state index in [0.29, 0.717) is 24.9 Å². The van der Waals surface area contributed by atoms with Crippen LogP contribution in [0.15, 0.2) is 0 Å². The first-order valence-electron chi connectivity index (χ1n) is 7.83. The second-order valence-electron chi connectivity index (χ2n) is 6.15. The highest BCUT2D eigenvalue weighted by Gasteiger charge is 2.36. The van der Waals surface area contributed by atoms with E-state index in [1.807, 2.05) is 4.90 Å². The molecule has 0 aromatic rings. The average molecular weight is 282 g/mol. The molecule has 2 rings (SSSR count). The maximum absolute atomic E-state index is 12.5. The first-order chi connectivity index (χ1) is 9.59. The predicted octanol–water partition coefficient (Wildman–Crippen LogP) is 2.56. The summed E-state index contributed by atoms with van der Waals surface area (Å²) < 4.78 is 0. The number of aliphatic carboxylic acids is 1. The third kappa shape index (κ3) is 3.64. The zero-order valence-electron chi connectivity index (χ0n) is 12.4. The van der Waals surface area contributed by atoms with Gasteiger partial charge in [-0.1, -0.05) is 12.8 Å². The molecule has 5 nitrogen and oxygen atoms in total. The van der Waals surface area contributed by atoms with E-state index < -0.39 is 5.97 Å². The van der Waals surface area contributed by atoms with Gasteiger partial charge in [-0.2, -0.15) is 0 Å². The molecule has 1 heterocycles. The lowest BCUT2D eigenvalue weighted by Gasteiger charge is -2.32. The average Bonchev–Trinajstić information content (AvgIpc) is 3.07. The van der Waals surface area contributed by atoms with Gasteiger partial charge in [-0.15, -0.1) is 0 Å². The molecule has 5 heteroatoms. The molecule has 2 fully saturated rings. The summed E-state index contributed by atoms with van der Waals surface area (Å²) in [4.78, 5) is 26.7. The number of likely N-dealkylation sites (tertiary alicyclic amines) is 1. The summed E-state index contributed by atoms with van der Waals surface area (Å²) in [6.07, 6.45) is 8.03. The van der Waals surface area contributed by atoms with Crippen LogP contribution in [-0.2, 0) is 4.79 Å². The van der Waals surface area contributed by atoms with Crippen LogP contribution in [0.4, 0.5) is 4.79 Å². The van der Waals surface area contributed by atoms with Gasteiger partial charge in [0.25, 0.3) is 0 Å². The zero-order chi connectivity index (χ0) is 14.5. The molecule has 0 aromatic carbocycles. The number of hydrogen-bond donors (Lipinski definition) is 1. The Balaban J connectivity index is 1.84. The van der Waals surface area contributed by atoms with Gasteiger partial charge in [-0.25, -0.2) is 4.79 Å². The molecule has 1 saturated carbocycles. The lowest BCUT2D eigenvalue weighted by atomic mass is 9.96. The number of carboxylic acids is 1. The number of carbonyl (C=O) groups is 2. The summed E-state index contributed by atoms with van der Waals surface area (Å²) >= 11 is 0. The van der Waals surface area contributed by atoms with Crippen molar-refractivity contribution in [2.24, 2.45) is 5.92 Å². The summed E-state index contributed by atoms with van der Waals surface area (Å²) in [6.45, 7) is 1.39. The quantitative estimate of drug-likeness (QED) is 0.843. The molecule has 114 valence electrons.